The van der Waals surface area contributed by atoms with Gasteiger partial charge in [-0.2, -0.15) is 0 Å². The second kappa shape index (κ2) is 9.33. The number of nitrogens with one attached hydrogen (secondary N) is 1. The third-order valence-corrected chi connectivity index (χ3v) is 6.16. The summed E-state index contributed by atoms with van der Waals surface area (Å²) in [5, 5.41) is 2.98. The van der Waals surface area contributed by atoms with E-state index >= 15 is 0 Å². The molecular formula is C25H28N2O4. The fourth-order valence-electron chi connectivity index (χ4n) is 4.42. The topological polar surface area (TPSA) is 75.7 Å². The van der Waals surface area contributed by atoms with E-state index in [4.69, 9.17) is 4.74 Å². The van der Waals surface area contributed by atoms with E-state index in [-0.39, 0.29) is 37.4 Å². The van der Waals surface area contributed by atoms with Gasteiger partial charge in [-0.3, -0.25) is 14.4 Å². The number of aryl methyl sites for hydroxylation is 2. The predicted octanol–water partition coefficient (Wildman–Crippen LogP) is 3.34. The fraction of sp³-hybridized carbons (Fsp3) is 0.400. The minimum absolute atomic E-state index is 0.0502. The number of carbonyl (C=O) groups is 3. The summed E-state index contributed by atoms with van der Waals surface area (Å²) >= 11 is 0. The first-order valence-electron chi connectivity index (χ1n) is 11.0. The fourth-order valence-corrected chi connectivity index (χ4v) is 4.42. The van der Waals surface area contributed by atoms with Crippen LogP contribution in [0.1, 0.15) is 48.9 Å². The minimum atomic E-state index is -0.554. The van der Waals surface area contributed by atoms with E-state index in [0.717, 1.165) is 36.9 Å². The van der Waals surface area contributed by atoms with Crippen LogP contribution in [0.5, 0.6) is 0 Å². The first kappa shape index (κ1) is 21.1. The van der Waals surface area contributed by atoms with E-state index < -0.39 is 11.9 Å². The molecular weight excluding hydrogens is 392 g/mol. The van der Waals surface area contributed by atoms with Gasteiger partial charge in [0.15, 0.2) is 6.61 Å². The Morgan fingerprint density at radius 3 is 2.68 bits per heavy atom. The number of nitrogens with zero attached hydrogens (tertiary/aromatic N) is 1. The summed E-state index contributed by atoms with van der Waals surface area (Å²) in [4.78, 5) is 38.9. The average Bonchev–Trinajstić information content (AvgIpc) is 3.19. The number of anilines is 1. The van der Waals surface area contributed by atoms with Crippen LogP contribution in [0.25, 0.3) is 0 Å². The Bertz CT molecular complexity index is 970. The maximum absolute atomic E-state index is 12.5. The molecule has 2 amide bonds. The normalized spacial score (nSPS) is 20.3. The smallest absolute Gasteiger partial charge is 0.311 e. The molecule has 1 aliphatic heterocycles. The number of esters is 1. The van der Waals surface area contributed by atoms with Crippen molar-refractivity contribution in [3.8, 4) is 0 Å². The van der Waals surface area contributed by atoms with E-state index in [9.17, 15) is 14.4 Å². The molecule has 2 aliphatic rings. The lowest BCUT2D eigenvalue weighted by molar-refractivity contribution is -0.152. The Balaban J connectivity index is 1.29. The molecule has 4 rings (SSSR count). The van der Waals surface area contributed by atoms with Crippen LogP contribution < -0.4 is 10.2 Å². The largest absolute Gasteiger partial charge is 0.455 e. The molecule has 1 heterocycles. The highest BCUT2D eigenvalue weighted by Crippen LogP contribution is 2.29. The van der Waals surface area contributed by atoms with Gasteiger partial charge in [0.25, 0.3) is 5.91 Å². The monoisotopic (exact) mass is 420 g/mol. The zero-order valence-corrected chi connectivity index (χ0v) is 17.8. The van der Waals surface area contributed by atoms with E-state index in [0.29, 0.717) is 0 Å². The first-order valence-corrected chi connectivity index (χ1v) is 11.0. The lowest BCUT2D eigenvalue weighted by atomic mass is 9.88. The molecule has 0 unspecified atom stereocenters. The van der Waals surface area contributed by atoms with Crippen LogP contribution in [0.15, 0.2) is 48.5 Å². The third-order valence-electron chi connectivity index (χ3n) is 6.16. The van der Waals surface area contributed by atoms with Crippen LogP contribution in [0.3, 0.4) is 0 Å². The van der Waals surface area contributed by atoms with Crippen molar-refractivity contribution in [3.05, 3.63) is 65.2 Å². The molecule has 0 bridgehead atoms. The van der Waals surface area contributed by atoms with Crippen LogP contribution in [0.4, 0.5) is 5.69 Å². The molecule has 1 fully saturated rings. The molecule has 0 radical (unpaired) electrons. The van der Waals surface area contributed by atoms with Gasteiger partial charge in [0.2, 0.25) is 5.91 Å². The molecule has 1 N–H and O–H groups in total. The Labute approximate surface area is 182 Å². The van der Waals surface area contributed by atoms with E-state index in [2.05, 4.69) is 18.3 Å². The molecule has 1 aliphatic carbocycles. The second-order valence-electron chi connectivity index (χ2n) is 8.24. The van der Waals surface area contributed by atoms with Gasteiger partial charge in [0.05, 0.1) is 12.0 Å². The quantitative estimate of drug-likeness (QED) is 0.728. The highest BCUT2D eigenvalue weighted by molar-refractivity contribution is 5.99. The van der Waals surface area contributed by atoms with Crippen molar-refractivity contribution in [1.82, 2.24) is 5.32 Å². The second-order valence-corrected chi connectivity index (χ2v) is 8.24. The number of hydrogen-bond donors (Lipinski definition) is 1. The van der Waals surface area contributed by atoms with Crippen LogP contribution in [0.2, 0.25) is 0 Å². The average molecular weight is 421 g/mol. The number of ether oxygens (including phenoxy) is 1. The van der Waals surface area contributed by atoms with E-state index in [1.807, 2.05) is 42.5 Å². The molecule has 0 aromatic heterocycles. The Hall–Kier alpha value is -3.15. The maximum Gasteiger partial charge on any atom is 0.311 e. The summed E-state index contributed by atoms with van der Waals surface area (Å²) in [5.41, 5.74) is 4.37. The van der Waals surface area contributed by atoms with Gasteiger partial charge in [-0.25, -0.2) is 0 Å². The van der Waals surface area contributed by atoms with E-state index in [1.54, 1.807) is 4.90 Å². The minimum Gasteiger partial charge on any atom is -0.455 e. The number of benzene rings is 2. The van der Waals surface area contributed by atoms with Crippen molar-refractivity contribution in [1.29, 1.82) is 0 Å². The third kappa shape index (κ3) is 4.79. The highest BCUT2D eigenvalue weighted by Gasteiger charge is 2.36. The lowest BCUT2D eigenvalue weighted by Crippen LogP contribution is -2.35. The van der Waals surface area contributed by atoms with Gasteiger partial charge < -0.3 is 15.0 Å². The van der Waals surface area contributed by atoms with Gasteiger partial charge in [-0.15, -0.1) is 0 Å². The molecule has 1 saturated heterocycles. The van der Waals surface area contributed by atoms with Crippen LogP contribution in [-0.4, -0.2) is 30.9 Å². The predicted molar refractivity (Wildman–Crippen MR) is 118 cm³/mol. The SMILES string of the molecule is CCc1ccc(N2C[C@H](C(=O)OCC(=O)N[C@H]3CCCc4ccccc43)CC2=O)cc1. The Morgan fingerprint density at radius 1 is 1.13 bits per heavy atom. The Kier molecular flexibility index (Phi) is 6.35. The molecule has 2 aromatic rings. The molecule has 31 heavy (non-hydrogen) atoms. The Morgan fingerprint density at radius 2 is 1.90 bits per heavy atom. The van der Waals surface area contributed by atoms with Crippen molar-refractivity contribution in [2.24, 2.45) is 5.92 Å². The van der Waals surface area contributed by atoms with Crippen LogP contribution >= 0.6 is 0 Å². The first-order chi connectivity index (χ1) is 15.0. The standard InChI is InChI=1S/C25H28N2O4/c1-2-17-10-12-20(13-11-17)27-15-19(14-24(27)29)25(30)31-16-23(28)26-22-9-5-7-18-6-3-4-8-21(18)22/h3-4,6,8,10-13,19,22H,2,5,7,9,14-16H2,1H3,(H,26,28)/t19-,22+/m1/s1. The molecule has 0 saturated carbocycles. The lowest BCUT2D eigenvalue weighted by Gasteiger charge is -2.26. The summed E-state index contributed by atoms with van der Waals surface area (Å²) in [7, 11) is 0. The number of amides is 2. The van der Waals surface area contributed by atoms with Crippen LogP contribution in [-0.2, 0) is 32.0 Å². The van der Waals surface area contributed by atoms with Crippen LogP contribution in [0, 0.1) is 5.92 Å². The summed E-state index contributed by atoms with van der Waals surface area (Å²) in [6.07, 6.45) is 3.94. The number of hydrogen-bond acceptors (Lipinski definition) is 4. The zero-order valence-electron chi connectivity index (χ0n) is 17.8. The van der Waals surface area contributed by atoms with Crippen molar-refractivity contribution in [2.75, 3.05) is 18.1 Å². The molecule has 2 atom stereocenters. The molecule has 2 aromatic carbocycles. The number of rotatable bonds is 6. The maximum atomic E-state index is 12.5. The van der Waals surface area contributed by atoms with Gasteiger partial charge in [0.1, 0.15) is 0 Å². The molecule has 0 spiro atoms. The summed E-state index contributed by atoms with van der Waals surface area (Å²) in [5.74, 6) is -1.47. The number of carbonyl (C=O) groups excluding carboxylic acids is 3. The van der Waals surface area contributed by atoms with E-state index in [1.165, 1.54) is 11.1 Å². The van der Waals surface area contributed by atoms with Gasteiger partial charge in [-0.05, 0) is 54.5 Å². The van der Waals surface area contributed by atoms with Crippen molar-refractivity contribution >= 4 is 23.5 Å². The summed E-state index contributed by atoms with van der Waals surface area (Å²) < 4.78 is 5.26. The van der Waals surface area contributed by atoms with Gasteiger partial charge in [0, 0.05) is 18.7 Å². The van der Waals surface area contributed by atoms with Crippen molar-refractivity contribution < 1.29 is 19.1 Å². The summed E-state index contributed by atoms with van der Waals surface area (Å²) in [6.45, 7) is 2.03. The summed E-state index contributed by atoms with van der Waals surface area (Å²) in [6, 6.07) is 15.8. The van der Waals surface area contributed by atoms with Crippen molar-refractivity contribution in [3.63, 3.8) is 0 Å². The molecule has 6 heteroatoms. The number of fused-ring (bicyclic) bond motifs is 1. The van der Waals surface area contributed by atoms with Crippen molar-refractivity contribution in [2.45, 2.75) is 45.1 Å². The highest BCUT2D eigenvalue weighted by atomic mass is 16.5. The zero-order chi connectivity index (χ0) is 21.8. The molecule has 162 valence electrons. The van der Waals surface area contributed by atoms with Gasteiger partial charge in [-0.1, -0.05) is 43.3 Å². The molecule has 6 nitrogen and oxygen atoms in total. The van der Waals surface area contributed by atoms with Gasteiger partial charge >= 0.3 is 5.97 Å².